The lowest BCUT2D eigenvalue weighted by Gasteiger charge is -2.20. The van der Waals surface area contributed by atoms with Crippen LogP contribution >= 0.6 is 0 Å². The minimum atomic E-state index is -5.68. The predicted octanol–water partition coefficient (Wildman–Crippen LogP) is 2.04. The standard InChI is InChI=1S/C8H13F5O4S/c1-6(2,14)3-4-17-18(15,16)8(12,13)5-7(9,10)11/h14H,3-5H2,1-2H3. The summed E-state index contributed by atoms with van der Waals surface area (Å²) in [6.07, 6.45) is -8.48. The Morgan fingerprint density at radius 3 is 1.89 bits per heavy atom. The highest BCUT2D eigenvalue weighted by Crippen LogP contribution is 2.36. The Kier molecular flexibility index (Phi) is 5.11. The zero-order valence-corrected chi connectivity index (χ0v) is 10.4. The van der Waals surface area contributed by atoms with Gasteiger partial charge in [-0.15, -0.1) is 0 Å². The van der Waals surface area contributed by atoms with Crippen molar-refractivity contribution in [2.24, 2.45) is 0 Å². The maximum absolute atomic E-state index is 12.8. The van der Waals surface area contributed by atoms with E-state index in [0.717, 1.165) is 0 Å². The largest absolute Gasteiger partial charge is 0.396 e. The molecule has 0 aliphatic heterocycles. The van der Waals surface area contributed by atoms with Gasteiger partial charge in [0.25, 0.3) is 0 Å². The molecule has 0 bridgehead atoms. The maximum atomic E-state index is 12.8. The Bertz CT molecular complexity index is 368. The first-order valence-electron chi connectivity index (χ1n) is 4.72. The van der Waals surface area contributed by atoms with Gasteiger partial charge < -0.3 is 5.11 Å². The quantitative estimate of drug-likeness (QED) is 0.602. The zero-order chi connectivity index (χ0) is 14.8. The van der Waals surface area contributed by atoms with Gasteiger partial charge in [-0.1, -0.05) is 0 Å². The Morgan fingerprint density at radius 1 is 1.11 bits per heavy atom. The molecule has 0 fully saturated rings. The van der Waals surface area contributed by atoms with Crippen molar-refractivity contribution in [1.29, 1.82) is 0 Å². The van der Waals surface area contributed by atoms with Crippen LogP contribution in [0, 0.1) is 0 Å². The molecule has 0 aromatic heterocycles. The summed E-state index contributed by atoms with van der Waals surface area (Å²) in [6.45, 7) is 1.69. The molecule has 0 aliphatic carbocycles. The molecular weight excluding hydrogens is 287 g/mol. The molecule has 0 spiro atoms. The van der Waals surface area contributed by atoms with Gasteiger partial charge in [-0.3, -0.25) is 4.18 Å². The number of hydrogen-bond acceptors (Lipinski definition) is 4. The number of hydrogen-bond donors (Lipinski definition) is 1. The zero-order valence-electron chi connectivity index (χ0n) is 9.59. The summed E-state index contributed by atoms with van der Waals surface area (Å²) < 4.78 is 86.4. The van der Waals surface area contributed by atoms with Crippen molar-refractivity contribution in [2.75, 3.05) is 6.61 Å². The summed E-state index contributed by atoms with van der Waals surface area (Å²) in [5, 5.41) is 4.11. The van der Waals surface area contributed by atoms with Crippen molar-refractivity contribution in [3.05, 3.63) is 0 Å². The van der Waals surface area contributed by atoms with Crippen LogP contribution in [-0.4, -0.2) is 37.2 Å². The van der Waals surface area contributed by atoms with Crippen LogP contribution in [0.4, 0.5) is 22.0 Å². The van der Waals surface area contributed by atoms with Crippen LogP contribution in [0.3, 0.4) is 0 Å². The predicted molar refractivity (Wildman–Crippen MR) is 51.4 cm³/mol. The average Bonchev–Trinajstić information content (AvgIpc) is 1.94. The normalized spacial score (nSPS) is 14.9. The first kappa shape index (κ1) is 17.5. The highest BCUT2D eigenvalue weighted by molar-refractivity contribution is 7.87. The first-order valence-corrected chi connectivity index (χ1v) is 6.13. The fraction of sp³-hybridized carbons (Fsp3) is 1.00. The van der Waals surface area contributed by atoms with E-state index < -0.39 is 40.2 Å². The Morgan fingerprint density at radius 2 is 1.56 bits per heavy atom. The summed E-state index contributed by atoms with van der Waals surface area (Å²) >= 11 is 0. The fourth-order valence-corrected chi connectivity index (χ4v) is 1.62. The number of rotatable bonds is 6. The summed E-state index contributed by atoms with van der Waals surface area (Å²) in [5.41, 5.74) is -1.38. The van der Waals surface area contributed by atoms with Gasteiger partial charge in [0.1, 0.15) is 6.42 Å². The van der Waals surface area contributed by atoms with E-state index in [4.69, 9.17) is 5.11 Å². The molecule has 0 unspecified atom stereocenters. The first-order chi connectivity index (χ1) is 7.66. The SMILES string of the molecule is CC(C)(O)CCOS(=O)(=O)C(F)(F)CC(F)(F)F. The molecule has 0 aromatic carbocycles. The third kappa shape index (κ3) is 6.45. The van der Waals surface area contributed by atoms with Crippen molar-refractivity contribution in [3.8, 4) is 0 Å². The lowest BCUT2D eigenvalue weighted by molar-refractivity contribution is -0.168. The minimum absolute atomic E-state index is 0.325. The van der Waals surface area contributed by atoms with Crippen molar-refractivity contribution in [3.63, 3.8) is 0 Å². The molecule has 0 rings (SSSR count). The number of aliphatic hydroxyl groups is 1. The van der Waals surface area contributed by atoms with Crippen LogP contribution in [-0.2, 0) is 14.3 Å². The minimum Gasteiger partial charge on any atom is -0.390 e. The van der Waals surface area contributed by atoms with Crippen LogP contribution < -0.4 is 0 Å². The molecule has 0 aliphatic rings. The van der Waals surface area contributed by atoms with Crippen LogP contribution in [0.2, 0.25) is 0 Å². The molecule has 0 saturated carbocycles. The average molecular weight is 300 g/mol. The van der Waals surface area contributed by atoms with E-state index in [0.29, 0.717) is 0 Å². The third-order valence-corrected chi connectivity index (χ3v) is 3.08. The van der Waals surface area contributed by atoms with Gasteiger partial charge >= 0.3 is 21.5 Å². The van der Waals surface area contributed by atoms with Crippen LogP contribution in [0.5, 0.6) is 0 Å². The molecule has 0 heterocycles. The van der Waals surface area contributed by atoms with Gasteiger partial charge in [-0.2, -0.15) is 30.4 Å². The van der Waals surface area contributed by atoms with Crippen LogP contribution in [0.15, 0.2) is 0 Å². The number of halogens is 5. The molecule has 10 heteroatoms. The van der Waals surface area contributed by atoms with Gasteiger partial charge in [0.2, 0.25) is 0 Å². The number of alkyl halides is 5. The van der Waals surface area contributed by atoms with Crippen molar-refractivity contribution >= 4 is 10.1 Å². The molecule has 110 valence electrons. The van der Waals surface area contributed by atoms with Gasteiger partial charge in [0, 0.05) is 6.42 Å². The third-order valence-electron chi connectivity index (χ3n) is 1.72. The molecule has 0 amide bonds. The monoisotopic (exact) mass is 300 g/mol. The van der Waals surface area contributed by atoms with E-state index in [9.17, 15) is 30.4 Å². The molecule has 0 saturated heterocycles. The second-order valence-corrected chi connectivity index (χ2v) is 6.01. The van der Waals surface area contributed by atoms with Crippen molar-refractivity contribution < 1.29 is 39.7 Å². The van der Waals surface area contributed by atoms with E-state index in [1.165, 1.54) is 13.8 Å². The van der Waals surface area contributed by atoms with Gasteiger partial charge in [-0.25, -0.2) is 0 Å². The topological polar surface area (TPSA) is 63.6 Å². The van der Waals surface area contributed by atoms with E-state index in [1.807, 2.05) is 0 Å². The fourth-order valence-electron chi connectivity index (χ4n) is 0.809. The molecule has 1 N–H and O–H groups in total. The highest BCUT2D eigenvalue weighted by Gasteiger charge is 2.54. The van der Waals surface area contributed by atoms with Crippen molar-refractivity contribution in [2.45, 2.75) is 43.7 Å². The summed E-state index contributed by atoms with van der Waals surface area (Å²) in [5.74, 6) is 0. The Balaban J connectivity index is 4.63. The Hall–Kier alpha value is -0.480. The second-order valence-electron chi connectivity index (χ2n) is 4.27. The summed E-state index contributed by atoms with van der Waals surface area (Å²) in [4.78, 5) is 0. The van der Waals surface area contributed by atoms with E-state index in [-0.39, 0.29) is 6.42 Å². The highest BCUT2D eigenvalue weighted by atomic mass is 32.2. The van der Waals surface area contributed by atoms with E-state index >= 15 is 0 Å². The molecule has 0 aromatic rings. The van der Waals surface area contributed by atoms with Crippen molar-refractivity contribution in [1.82, 2.24) is 0 Å². The molecule has 0 radical (unpaired) electrons. The van der Waals surface area contributed by atoms with E-state index in [1.54, 1.807) is 0 Å². The van der Waals surface area contributed by atoms with Gasteiger partial charge in [0.05, 0.1) is 12.2 Å². The maximum Gasteiger partial charge on any atom is 0.396 e. The Labute approximate surface area is 101 Å². The van der Waals surface area contributed by atoms with Gasteiger partial charge in [0.15, 0.2) is 0 Å². The molecule has 4 nitrogen and oxygen atoms in total. The second kappa shape index (κ2) is 5.25. The molecular formula is C8H13F5O4S. The summed E-state index contributed by atoms with van der Waals surface area (Å²) in [7, 11) is -5.68. The molecule has 18 heavy (non-hydrogen) atoms. The lowest BCUT2D eigenvalue weighted by Crippen LogP contribution is -2.36. The van der Waals surface area contributed by atoms with Gasteiger partial charge in [-0.05, 0) is 13.8 Å². The molecule has 0 atom stereocenters. The lowest BCUT2D eigenvalue weighted by atomic mass is 10.1. The van der Waals surface area contributed by atoms with E-state index in [2.05, 4.69) is 4.18 Å². The summed E-state index contributed by atoms with van der Waals surface area (Å²) in [6, 6.07) is 0. The smallest absolute Gasteiger partial charge is 0.390 e. The van der Waals surface area contributed by atoms with Crippen LogP contribution in [0.1, 0.15) is 26.7 Å². The van der Waals surface area contributed by atoms with Crippen LogP contribution in [0.25, 0.3) is 0 Å².